The van der Waals surface area contributed by atoms with Crippen molar-refractivity contribution in [3.63, 3.8) is 0 Å². The van der Waals surface area contributed by atoms with Gasteiger partial charge in [0.2, 0.25) is 10.0 Å². The zero-order chi connectivity index (χ0) is 20.9. The van der Waals surface area contributed by atoms with Gasteiger partial charge in [-0.2, -0.15) is 4.31 Å². The molecule has 0 bridgehead atoms. The summed E-state index contributed by atoms with van der Waals surface area (Å²) in [4.78, 5) is 14.5. The Morgan fingerprint density at radius 3 is 2.25 bits per heavy atom. The van der Waals surface area contributed by atoms with Gasteiger partial charge >= 0.3 is 6.03 Å². The van der Waals surface area contributed by atoms with Crippen LogP contribution in [0.25, 0.3) is 0 Å². The second-order valence-electron chi connectivity index (χ2n) is 6.70. The highest BCUT2D eigenvalue weighted by Crippen LogP contribution is 2.25. The number of benzene rings is 2. The average Bonchev–Trinajstić information content (AvgIpc) is 2.69. The molecule has 0 saturated heterocycles. The van der Waals surface area contributed by atoms with Gasteiger partial charge in [0.25, 0.3) is 0 Å². The first-order valence-corrected chi connectivity index (χ1v) is 10.9. The van der Waals surface area contributed by atoms with E-state index < -0.39 is 10.0 Å². The number of nitrogens with zero attached hydrogens (tertiary/aromatic N) is 2. The molecule has 0 radical (unpaired) electrons. The molecular weight excluding hydrogens is 374 g/mol. The van der Waals surface area contributed by atoms with E-state index in [1.54, 1.807) is 31.0 Å². The first kappa shape index (κ1) is 21.9. The van der Waals surface area contributed by atoms with Crippen LogP contribution in [0.1, 0.15) is 37.9 Å². The molecule has 0 aliphatic carbocycles. The van der Waals surface area contributed by atoms with Crippen LogP contribution in [0.2, 0.25) is 0 Å². The molecule has 0 aliphatic rings. The second kappa shape index (κ2) is 9.21. The van der Waals surface area contributed by atoms with Gasteiger partial charge in [-0.25, -0.2) is 13.2 Å². The largest absolute Gasteiger partial charge is 0.322 e. The van der Waals surface area contributed by atoms with Crippen LogP contribution < -0.4 is 5.32 Å². The Morgan fingerprint density at radius 1 is 1.07 bits per heavy atom. The molecule has 1 atom stereocenters. The first-order chi connectivity index (χ1) is 13.2. The molecule has 152 valence electrons. The van der Waals surface area contributed by atoms with Crippen LogP contribution in [0, 0.1) is 6.92 Å². The van der Waals surface area contributed by atoms with Gasteiger partial charge in [0.05, 0.1) is 10.9 Å². The summed E-state index contributed by atoms with van der Waals surface area (Å²) < 4.78 is 27.2. The lowest BCUT2D eigenvalue weighted by Gasteiger charge is -2.26. The Morgan fingerprint density at radius 2 is 1.68 bits per heavy atom. The first-order valence-electron chi connectivity index (χ1n) is 9.41. The van der Waals surface area contributed by atoms with E-state index in [9.17, 15) is 13.2 Å². The number of nitrogens with one attached hydrogen (secondary N) is 1. The minimum atomic E-state index is -3.60. The summed E-state index contributed by atoms with van der Waals surface area (Å²) in [6.07, 6.45) is 0. The highest BCUT2D eigenvalue weighted by atomic mass is 32.2. The minimum absolute atomic E-state index is 0.120. The van der Waals surface area contributed by atoms with Crippen LogP contribution in [0.4, 0.5) is 10.5 Å². The molecule has 7 heteroatoms. The van der Waals surface area contributed by atoms with E-state index in [4.69, 9.17) is 0 Å². The summed E-state index contributed by atoms with van der Waals surface area (Å²) in [6.45, 7) is 8.11. The lowest BCUT2D eigenvalue weighted by Crippen LogP contribution is -2.34. The predicted molar refractivity (Wildman–Crippen MR) is 113 cm³/mol. The van der Waals surface area contributed by atoms with Crippen molar-refractivity contribution in [1.29, 1.82) is 0 Å². The van der Waals surface area contributed by atoms with Gasteiger partial charge in [-0.1, -0.05) is 50.2 Å². The van der Waals surface area contributed by atoms with Crippen molar-refractivity contribution in [3.8, 4) is 0 Å². The molecule has 0 aromatic heterocycles. The number of carbonyl (C=O) groups is 1. The number of carbonyl (C=O) groups excluding carboxylic acids is 1. The Labute approximate surface area is 168 Å². The highest BCUT2D eigenvalue weighted by Gasteiger charge is 2.24. The predicted octanol–water partition coefficient (Wildman–Crippen LogP) is 4.25. The van der Waals surface area contributed by atoms with Gasteiger partial charge in [0, 0.05) is 25.8 Å². The van der Waals surface area contributed by atoms with Crippen molar-refractivity contribution >= 4 is 21.7 Å². The third-order valence-corrected chi connectivity index (χ3v) is 7.14. The molecular formula is C21H29N3O3S. The van der Waals surface area contributed by atoms with Gasteiger partial charge < -0.3 is 10.2 Å². The van der Waals surface area contributed by atoms with Gasteiger partial charge in [0.15, 0.2) is 0 Å². The number of urea groups is 1. The van der Waals surface area contributed by atoms with Crippen molar-refractivity contribution in [3.05, 3.63) is 59.7 Å². The molecule has 6 nitrogen and oxygen atoms in total. The number of anilines is 1. The summed E-state index contributed by atoms with van der Waals surface area (Å²) in [6, 6.07) is 14.3. The van der Waals surface area contributed by atoms with Crippen LogP contribution in [-0.4, -0.2) is 43.8 Å². The summed E-state index contributed by atoms with van der Waals surface area (Å²) in [7, 11) is -1.88. The molecule has 0 saturated carbocycles. The van der Waals surface area contributed by atoms with Crippen molar-refractivity contribution in [1.82, 2.24) is 9.21 Å². The lowest BCUT2D eigenvalue weighted by atomic mass is 10.1. The van der Waals surface area contributed by atoms with E-state index in [0.717, 1.165) is 5.56 Å². The summed E-state index contributed by atoms with van der Waals surface area (Å²) in [5.74, 6) is 0. The number of rotatable bonds is 7. The Bertz CT molecular complexity index is 910. The third kappa shape index (κ3) is 4.72. The van der Waals surface area contributed by atoms with Crippen molar-refractivity contribution in [2.24, 2.45) is 0 Å². The molecule has 0 spiro atoms. The van der Waals surface area contributed by atoms with E-state index in [0.29, 0.717) is 24.3 Å². The van der Waals surface area contributed by atoms with E-state index in [1.165, 1.54) is 10.4 Å². The van der Waals surface area contributed by atoms with Gasteiger partial charge in [0.1, 0.15) is 0 Å². The fourth-order valence-electron chi connectivity index (χ4n) is 3.00. The standard InChI is InChI=1S/C21H29N3O3S/c1-6-24(7-2)28(26,27)20-15-19(14-13-16(20)3)22-21(25)23(5)17(4)18-11-9-8-10-12-18/h8-15,17H,6-7H2,1-5H3,(H,22,25)/t17-/m1/s1. The Balaban J connectivity index is 2.24. The molecule has 0 unspecified atom stereocenters. The van der Waals surface area contributed by atoms with Crippen LogP contribution in [-0.2, 0) is 10.0 Å². The van der Waals surface area contributed by atoms with E-state index in [2.05, 4.69) is 5.32 Å². The van der Waals surface area contributed by atoms with E-state index in [-0.39, 0.29) is 17.0 Å². The van der Waals surface area contributed by atoms with E-state index in [1.807, 2.05) is 51.1 Å². The smallest absolute Gasteiger partial charge is 0.321 e. The number of amides is 2. The molecule has 28 heavy (non-hydrogen) atoms. The van der Waals surface area contributed by atoms with Gasteiger partial charge in [-0.3, -0.25) is 0 Å². The maximum Gasteiger partial charge on any atom is 0.322 e. The zero-order valence-electron chi connectivity index (χ0n) is 17.1. The Kier molecular flexibility index (Phi) is 7.21. The summed E-state index contributed by atoms with van der Waals surface area (Å²) in [5, 5.41) is 2.81. The normalized spacial score (nSPS) is 12.6. The summed E-state index contributed by atoms with van der Waals surface area (Å²) >= 11 is 0. The number of sulfonamides is 1. The van der Waals surface area contributed by atoms with Gasteiger partial charge in [-0.05, 0) is 37.1 Å². The highest BCUT2D eigenvalue weighted by molar-refractivity contribution is 7.89. The molecule has 2 rings (SSSR count). The number of hydrogen-bond donors (Lipinski definition) is 1. The zero-order valence-corrected chi connectivity index (χ0v) is 18.0. The fraction of sp³-hybridized carbons (Fsp3) is 0.381. The minimum Gasteiger partial charge on any atom is -0.321 e. The Hall–Kier alpha value is -2.38. The van der Waals surface area contributed by atoms with E-state index >= 15 is 0 Å². The van der Waals surface area contributed by atoms with Gasteiger partial charge in [-0.15, -0.1) is 0 Å². The second-order valence-corrected chi connectivity index (χ2v) is 8.60. The molecule has 0 heterocycles. The molecule has 1 N–H and O–H groups in total. The molecule has 0 aliphatic heterocycles. The van der Waals surface area contributed by atoms with Crippen molar-refractivity contribution < 1.29 is 13.2 Å². The molecule has 0 fully saturated rings. The van der Waals surface area contributed by atoms with Crippen LogP contribution >= 0.6 is 0 Å². The average molecular weight is 404 g/mol. The third-order valence-electron chi connectivity index (χ3n) is 4.95. The number of aryl methyl sites for hydroxylation is 1. The monoisotopic (exact) mass is 403 g/mol. The quantitative estimate of drug-likeness (QED) is 0.751. The molecule has 2 amide bonds. The maximum absolute atomic E-state index is 12.9. The maximum atomic E-state index is 12.9. The molecule has 2 aromatic rings. The SMILES string of the molecule is CCN(CC)S(=O)(=O)c1cc(NC(=O)N(C)[C@H](C)c2ccccc2)ccc1C. The van der Waals surface area contributed by atoms with Crippen LogP contribution in [0.3, 0.4) is 0 Å². The van der Waals surface area contributed by atoms with Crippen LogP contribution in [0.5, 0.6) is 0 Å². The lowest BCUT2D eigenvalue weighted by molar-refractivity contribution is 0.208. The fourth-order valence-corrected chi connectivity index (χ4v) is 4.71. The number of hydrogen-bond acceptors (Lipinski definition) is 3. The van der Waals surface area contributed by atoms with Crippen LogP contribution in [0.15, 0.2) is 53.4 Å². The topological polar surface area (TPSA) is 69.7 Å². The molecule has 2 aromatic carbocycles. The van der Waals surface area contributed by atoms with Crippen molar-refractivity contribution in [2.75, 3.05) is 25.5 Å². The van der Waals surface area contributed by atoms with Crippen molar-refractivity contribution in [2.45, 2.75) is 38.6 Å². The summed E-state index contributed by atoms with van der Waals surface area (Å²) in [5.41, 5.74) is 2.12.